The first-order valence-electron chi connectivity index (χ1n) is 19.2. The van der Waals surface area contributed by atoms with Crippen LogP contribution in [0.25, 0.3) is 0 Å². The lowest BCUT2D eigenvalue weighted by molar-refractivity contribution is -0.167. The molecule has 45 heavy (non-hydrogen) atoms. The number of hydrogen-bond acceptors (Lipinski definition) is 6. The number of ether oxygens (including phenoxy) is 3. The molecule has 266 valence electrons. The van der Waals surface area contributed by atoms with Crippen molar-refractivity contribution in [3.63, 3.8) is 0 Å². The summed E-state index contributed by atoms with van der Waals surface area (Å²) in [6.07, 6.45) is 27.0. The number of esters is 3. The zero-order chi connectivity index (χ0) is 33.4. The average Bonchev–Trinajstić information content (AvgIpc) is 2.99. The highest BCUT2D eigenvalue weighted by molar-refractivity contribution is 5.71. The summed E-state index contributed by atoms with van der Waals surface area (Å²) < 4.78 is 16.5. The van der Waals surface area contributed by atoms with Gasteiger partial charge in [0.1, 0.15) is 13.2 Å². The van der Waals surface area contributed by atoms with Crippen LogP contribution in [0.1, 0.15) is 202 Å². The Balaban J connectivity index is 4.29. The van der Waals surface area contributed by atoms with Gasteiger partial charge in [0.05, 0.1) is 0 Å². The van der Waals surface area contributed by atoms with Crippen molar-refractivity contribution in [1.82, 2.24) is 0 Å². The number of carbonyl (C=O) groups is 3. The Kier molecular flexibility index (Phi) is 31.2. The number of carbonyl (C=O) groups excluding carboxylic acids is 3. The van der Waals surface area contributed by atoms with E-state index < -0.39 is 6.10 Å². The molecule has 0 fully saturated rings. The van der Waals surface area contributed by atoms with Crippen molar-refractivity contribution >= 4 is 17.9 Å². The average molecular weight is 639 g/mol. The van der Waals surface area contributed by atoms with E-state index in [0.717, 1.165) is 76.0 Å². The molecular weight excluding hydrogens is 564 g/mol. The Hall–Kier alpha value is -1.59. The molecule has 0 saturated carbocycles. The maximum Gasteiger partial charge on any atom is 0.306 e. The van der Waals surface area contributed by atoms with Gasteiger partial charge in [-0.25, -0.2) is 0 Å². The quantitative estimate of drug-likeness (QED) is 0.0404. The van der Waals surface area contributed by atoms with Crippen LogP contribution in [0.15, 0.2) is 0 Å². The molecule has 0 aliphatic heterocycles. The molecule has 0 aromatic rings. The van der Waals surface area contributed by atoms with Crippen LogP contribution in [-0.4, -0.2) is 37.2 Å². The first kappa shape index (κ1) is 43.4. The van der Waals surface area contributed by atoms with Gasteiger partial charge in [0.25, 0.3) is 0 Å². The van der Waals surface area contributed by atoms with E-state index in [-0.39, 0.29) is 31.1 Å². The van der Waals surface area contributed by atoms with Crippen molar-refractivity contribution in [3.05, 3.63) is 0 Å². The molecule has 0 rings (SSSR count). The highest BCUT2D eigenvalue weighted by Crippen LogP contribution is 2.15. The predicted octanol–water partition coefficient (Wildman–Crippen LogP) is 11.5. The molecule has 0 amide bonds. The van der Waals surface area contributed by atoms with Gasteiger partial charge < -0.3 is 14.2 Å². The van der Waals surface area contributed by atoms with Crippen molar-refractivity contribution in [3.8, 4) is 0 Å². The maximum absolute atomic E-state index is 12.6. The molecular formula is C39H74O6. The Bertz CT molecular complexity index is 689. The third-order valence-electron chi connectivity index (χ3n) is 8.47. The normalized spacial score (nSPS) is 12.1. The zero-order valence-corrected chi connectivity index (χ0v) is 30.5. The summed E-state index contributed by atoms with van der Waals surface area (Å²) in [5.41, 5.74) is 0. The molecule has 0 spiro atoms. The molecule has 0 unspecified atom stereocenters. The van der Waals surface area contributed by atoms with E-state index in [2.05, 4.69) is 34.6 Å². The van der Waals surface area contributed by atoms with Crippen molar-refractivity contribution in [1.29, 1.82) is 0 Å². The SMILES string of the molecule is CCCCCCCC(=O)OC[C@H](COC(=O)CCCCCCCCCCC(C)C)OC(=O)CCCCCCCCCCC(C)C. The Morgan fingerprint density at radius 1 is 0.422 bits per heavy atom. The summed E-state index contributed by atoms with van der Waals surface area (Å²) in [7, 11) is 0. The van der Waals surface area contributed by atoms with Crippen LogP contribution in [0.2, 0.25) is 0 Å². The van der Waals surface area contributed by atoms with Crippen molar-refractivity contribution in [2.75, 3.05) is 13.2 Å². The molecule has 0 radical (unpaired) electrons. The van der Waals surface area contributed by atoms with E-state index in [9.17, 15) is 14.4 Å². The van der Waals surface area contributed by atoms with Gasteiger partial charge in [-0.15, -0.1) is 0 Å². The van der Waals surface area contributed by atoms with E-state index in [0.29, 0.717) is 19.3 Å². The first-order valence-corrected chi connectivity index (χ1v) is 19.2. The third kappa shape index (κ3) is 33.6. The smallest absolute Gasteiger partial charge is 0.306 e. The summed E-state index contributed by atoms with van der Waals surface area (Å²) in [6.45, 7) is 11.2. The van der Waals surface area contributed by atoms with Gasteiger partial charge in [-0.1, -0.05) is 163 Å². The second-order valence-electron chi connectivity index (χ2n) is 14.2. The summed E-state index contributed by atoms with van der Waals surface area (Å²) >= 11 is 0. The second-order valence-corrected chi connectivity index (χ2v) is 14.2. The Morgan fingerprint density at radius 2 is 0.733 bits per heavy atom. The van der Waals surface area contributed by atoms with Gasteiger partial charge in [-0.3, -0.25) is 14.4 Å². The Labute approximate surface area is 278 Å². The van der Waals surface area contributed by atoms with Gasteiger partial charge >= 0.3 is 17.9 Å². The molecule has 0 N–H and O–H groups in total. The monoisotopic (exact) mass is 639 g/mol. The minimum absolute atomic E-state index is 0.0679. The lowest BCUT2D eigenvalue weighted by Crippen LogP contribution is -2.30. The lowest BCUT2D eigenvalue weighted by Gasteiger charge is -2.18. The summed E-state index contributed by atoms with van der Waals surface area (Å²) in [4.78, 5) is 37.2. The lowest BCUT2D eigenvalue weighted by atomic mass is 10.0. The molecule has 0 saturated heterocycles. The minimum Gasteiger partial charge on any atom is -0.462 e. The van der Waals surface area contributed by atoms with Crippen LogP contribution in [0.3, 0.4) is 0 Å². The number of unbranched alkanes of at least 4 members (excludes halogenated alkanes) is 18. The first-order chi connectivity index (χ1) is 21.7. The third-order valence-corrected chi connectivity index (χ3v) is 8.47. The highest BCUT2D eigenvalue weighted by Gasteiger charge is 2.19. The molecule has 0 aliphatic rings. The maximum atomic E-state index is 12.6. The second kappa shape index (κ2) is 32.4. The fourth-order valence-electron chi connectivity index (χ4n) is 5.52. The molecule has 0 aliphatic carbocycles. The molecule has 0 aromatic carbocycles. The van der Waals surface area contributed by atoms with Gasteiger partial charge in [0.15, 0.2) is 6.10 Å². The van der Waals surface area contributed by atoms with Gasteiger partial charge in [-0.2, -0.15) is 0 Å². The fraction of sp³-hybridized carbons (Fsp3) is 0.923. The summed E-state index contributed by atoms with van der Waals surface area (Å²) in [6, 6.07) is 0. The van der Waals surface area contributed by atoms with E-state index in [1.165, 1.54) is 83.5 Å². The zero-order valence-electron chi connectivity index (χ0n) is 30.5. The van der Waals surface area contributed by atoms with Crippen LogP contribution >= 0.6 is 0 Å². The topological polar surface area (TPSA) is 78.9 Å². The van der Waals surface area contributed by atoms with Crippen LogP contribution in [0.5, 0.6) is 0 Å². The molecule has 0 heterocycles. The Morgan fingerprint density at radius 3 is 1.09 bits per heavy atom. The molecule has 0 aromatic heterocycles. The van der Waals surface area contributed by atoms with Crippen LogP contribution in [0, 0.1) is 11.8 Å². The molecule has 6 heteroatoms. The minimum atomic E-state index is -0.757. The van der Waals surface area contributed by atoms with Crippen molar-refractivity contribution in [2.45, 2.75) is 208 Å². The van der Waals surface area contributed by atoms with Crippen LogP contribution in [0.4, 0.5) is 0 Å². The number of rotatable bonds is 33. The summed E-state index contributed by atoms with van der Waals surface area (Å²) in [5, 5.41) is 0. The summed E-state index contributed by atoms with van der Waals surface area (Å²) in [5.74, 6) is 0.706. The molecule has 6 nitrogen and oxygen atoms in total. The number of hydrogen-bond donors (Lipinski definition) is 0. The highest BCUT2D eigenvalue weighted by atomic mass is 16.6. The van der Waals surface area contributed by atoms with Gasteiger partial charge in [0, 0.05) is 19.3 Å². The van der Waals surface area contributed by atoms with Crippen LogP contribution in [-0.2, 0) is 28.6 Å². The largest absolute Gasteiger partial charge is 0.462 e. The van der Waals surface area contributed by atoms with E-state index in [4.69, 9.17) is 14.2 Å². The van der Waals surface area contributed by atoms with Gasteiger partial charge in [0.2, 0.25) is 0 Å². The fourth-order valence-corrected chi connectivity index (χ4v) is 5.52. The molecule has 1 atom stereocenters. The predicted molar refractivity (Wildman–Crippen MR) is 187 cm³/mol. The molecule has 0 bridgehead atoms. The van der Waals surface area contributed by atoms with Crippen LogP contribution < -0.4 is 0 Å². The van der Waals surface area contributed by atoms with Crippen molar-refractivity contribution < 1.29 is 28.6 Å². The van der Waals surface area contributed by atoms with Gasteiger partial charge in [-0.05, 0) is 31.1 Å². The van der Waals surface area contributed by atoms with E-state index in [1.54, 1.807) is 0 Å². The van der Waals surface area contributed by atoms with Crippen molar-refractivity contribution in [2.24, 2.45) is 11.8 Å². The van der Waals surface area contributed by atoms with E-state index >= 15 is 0 Å². The standard InChI is InChI=1S/C39H74O6/c1-6-7-8-17-24-29-37(40)43-32-36(45-39(42)31-26-21-16-12-10-14-19-23-28-35(4)5)33-44-38(41)30-25-20-15-11-9-13-18-22-27-34(2)3/h34-36H,6-33H2,1-5H3/t36-/m1/s1. The van der Waals surface area contributed by atoms with E-state index in [1.807, 2.05) is 0 Å².